The number of aliphatic hydroxyl groups is 1. The molecule has 4 aromatic rings. The number of pyridine rings is 1. The van der Waals surface area contributed by atoms with Crippen LogP contribution >= 0.6 is 0 Å². The topological polar surface area (TPSA) is 110 Å². The van der Waals surface area contributed by atoms with E-state index in [1.54, 1.807) is 42.8 Å². The number of aromatic nitrogens is 5. The lowest BCUT2D eigenvalue weighted by Gasteiger charge is -2.18. The number of nitrogens with one attached hydrogen (secondary N) is 2. The van der Waals surface area contributed by atoms with Crippen molar-refractivity contribution in [1.82, 2.24) is 29.6 Å². The summed E-state index contributed by atoms with van der Waals surface area (Å²) in [6.45, 7) is 13.1. The molecular weight excluding hydrogens is 442 g/mol. The lowest BCUT2D eigenvalue weighted by atomic mass is 10.1. The maximum absolute atomic E-state index is 13.1. The summed E-state index contributed by atoms with van der Waals surface area (Å²) in [7, 11) is 0. The highest BCUT2D eigenvalue weighted by Crippen LogP contribution is 2.24. The summed E-state index contributed by atoms with van der Waals surface area (Å²) >= 11 is 0. The van der Waals surface area contributed by atoms with E-state index < -0.39 is 5.60 Å². The average molecular weight is 474 g/mol. The van der Waals surface area contributed by atoms with Crippen molar-refractivity contribution >= 4 is 22.7 Å². The van der Waals surface area contributed by atoms with Gasteiger partial charge in [0, 0.05) is 25.0 Å². The molecule has 9 nitrogen and oxygen atoms in total. The van der Waals surface area contributed by atoms with Crippen LogP contribution in [0.15, 0.2) is 60.0 Å². The van der Waals surface area contributed by atoms with Crippen LogP contribution in [0.5, 0.6) is 0 Å². The number of rotatable bonds is 6. The average Bonchev–Trinajstić information content (AvgIpc) is 3.42. The van der Waals surface area contributed by atoms with Gasteiger partial charge in [-0.15, -0.1) is 6.58 Å². The van der Waals surface area contributed by atoms with Crippen molar-refractivity contribution in [3.8, 4) is 5.82 Å². The molecule has 0 bridgehead atoms. The minimum absolute atomic E-state index is 0.240. The Hall–Kier alpha value is -3.82. The first kappa shape index (κ1) is 24.3. The first-order valence-electron chi connectivity index (χ1n) is 11.7. The largest absolute Gasteiger partial charge is 0.384 e. The summed E-state index contributed by atoms with van der Waals surface area (Å²) in [6, 6.07) is 11.5. The third kappa shape index (κ3) is 4.73. The van der Waals surface area contributed by atoms with Crippen LogP contribution in [0.1, 0.15) is 44.5 Å². The van der Waals surface area contributed by atoms with Gasteiger partial charge < -0.3 is 15.7 Å². The molecule has 4 heterocycles. The molecule has 1 aromatic carbocycles. The van der Waals surface area contributed by atoms with Crippen molar-refractivity contribution in [3.63, 3.8) is 0 Å². The summed E-state index contributed by atoms with van der Waals surface area (Å²) in [5.74, 6) is 0.841. The van der Waals surface area contributed by atoms with Gasteiger partial charge in [-0.25, -0.2) is 19.3 Å². The molecule has 0 saturated heterocycles. The van der Waals surface area contributed by atoms with Crippen molar-refractivity contribution in [2.45, 2.75) is 52.9 Å². The fraction of sp³-hybridized carbons (Fsp3) is 0.308. The zero-order valence-corrected chi connectivity index (χ0v) is 20.5. The predicted octanol–water partition coefficient (Wildman–Crippen LogP) is 3.76. The number of nitrogens with zero attached hydrogens (tertiary/aromatic N) is 5. The van der Waals surface area contributed by atoms with Gasteiger partial charge in [-0.2, -0.15) is 4.98 Å². The van der Waals surface area contributed by atoms with Gasteiger partial charge >= 0.3 is 0 Å². The SMILES string of the molecule is C=CCn1c(=O)c2cnc(Nc3ccc4c(c3)CNC4)nc2n1-c1cccc(C(C)(C)O)n1.CC. The minimum atomic E-state index is -1.13. The molecule has 1 aliphatic heterocycles. The normalized spacial score (nSPS) is 12.7. The zero-order chi connectivity index (χ0) is 25.2. The van der Waals surface area contributed by atoms with Crippen molar-refractivity contribution in [2.24, 2.45) is 0 Å². The first-order valence-corrected chi connectivity index (χ1v) is 11.7. The molecule has 0 aliphatic carbocycles. The molecule has 3 aromatic heterocycles. The van der Waals surface area contributed by atoms with Crippen molar-refractivity contribution in [1.29, 1.82) is 0 Å². The molecule has 0 unspecified atom stereocenters. The second-order valence-corrected chi connectivity index (χ2v) is 8.57. The van der Waals surface area contributed by atoms with E-state index in [2.05, 4.69) is 44.3 Å². The molecule has 5 rings (SSSR count). The van der Waals surface area contributed by atoms with Crippen LogP contribution in [0, 0.1) is 0 Å². The van der Waals surface area contributed by atoms with E-state index in [1.807, 2.05) is 19.9 Å². The zero-order valence-electron chi connectivity index (χ0n) is 20.5. The Balaban J connectivity index is 0.00000141. The lowest BCUT2D eigenvalue weighted by Crippen LogP contribution is -2.23. The van der Waals surface area contributed by atoms with E-state index in [1.165, 1.54) is 22.0 Å². The van der Waals surface area contributed by atoms with Gasteiger partial charge in [0.05, 0.1) is 12.2 Å². The van der Waals surface area contributed by atoms with Crippen LogP contribution in [0.4, 0.5) is 11.6 Å². The van der Waals surface area contributed by atoms with Crippen LogP contribution in [0.3, 0.4) is 0 Å². The summed E-state index contributed by atoms with van der Waals surface area (Å²) in [6.07, 6.45) is 3.17. The van der Waals surface area contributed by atoms with Crippen molar-refractivity contribution < 1.29 is 5.11 Å². The number of benzene rings is 1. The molecule has 1 aliphatic rings. The standard InChI is InChI=1S/C24H25N7O2.C2H6/c1-4-10-30-22(32)18-14-26-23(27-17-9-8-15-12-25-13-16(15)11-17)29-21(18)31(30)20-7-5-6-19(28-20)24(2,3)33;1-2/h4-9,11,14,25,33H,1,10,12-13H2,2-3H3,(H,26,27,29);1-2H3. The van der Waals surface area contributed by atoms with E-state index in [-0.39, 0.29) is 12.1 Å². The fourth-order valence-electron chi connectivity index (χ4n) is 3.99. The lowest BCUT2D eigenvalue weighted by molar-refractivity contribution is 0.0738. The van der Waals surface area contributed by atoms with Crippen LogP contribution < -0.4 is 16.2 Å². The number of fused-ring (bicyclic) bond motifs is 2. The summed E-state index contributed by atoms with van der Waals surface area (Å²) < 4.78 is 3.15. The number of anilines is 2. The van der Waals surface area contributed by atoms with Gasteiger partial charge in [0.15, 0.2) is 11.5 Å². The van der Waals surface area contributed by atoms with Gasteiger partial charge in [0.2, 0.25) is 5.95 Å². The van der Waals surface area contributed by atoms with Crippen LogP contribution in [-0.2, 0) is 25.2 Å². The molecule has 0 spiro atoms. The van der Waals surface area contributed by atoms with E-state index in [0.29, 0.717) is 28.5 Å². The minimum Gasteiger partial charge on any atom is -0.384 e. The Labute approximate surface area is 204 Å². The number of hydrogen-bond donors (Lipinski definition) is 3. The van der Waals surface area contributed by atoms with Crippen LogP contribution in [-0.4, -0.2) is 29.4 Å². The van der Waals surface area contributed by atoms with Crippen molar-refractivity contribution in [2.75, 3.05) is 5.32 Å². The maximum atomic E-state index is 13.1. The molecule has 0 fully saturated rings. The molecule has 0 atom stereocenters. The molecule has 182 valence electrons. The van der Waals surface area contributed by atoms with E-state index in [9.17, 15) is 9.90 Å². The van der Waals surface area contributed by atoms with Crippen LogP contribution in [0.2, 0.25) is 0 Å². The van der Waals surface area contributed by atoms with Crippen molar-refractivity contribution in [3.05, 3.63) is 82.4 Å². The first-order chi connectivity index (χ1) is 16.8. The summed E-state index contributed by atoms with van der Waals surface area (Å²) in [5.41, 5.74) is 2.93. The monoisotopic (exact) mass is 473 g/mol. The van der Waals surface area contributed by atoms with Gasteiger partial charge in [0.25, 0.3) is 5.56 Å². The van der Waals surface area contributed by atoms with E-state index in [0.717, 1.165) is 18.8 Å². The Bertz CT molecular complexity index is 1430. The van der Waals surface area contributed by atoms with Crippen LogP contribution in [0.25, 0.3) is 16.9 Å². The molecule has 3 N–H and O–H groups in total. The molecule has 0 amide bonds. The Morgan fingerprint density at radius 1 is 1.17 bits per heavy atom. The highest BCUT2D eigenvalue weighted by Gasteiger charge is 2.22. The summed E-state index contributed by atoms with van der Waals surface area (Å²) in [4.78, 5) is 26.7. The molecule has 0 saturated carbocycles. The molecular formula is C26H31N7O2. The summed E-state index contributed by atoms with van der Waals surface area (Å²) in [5, 5.41) is 17.4. The molecule has 35 heavy (non-hydrogen) atoms. The second-order valence-electron chi connectivity index (χ2n) is 8.57. The molecule has 0 radical (unpaired) electrons. The van der Waals surface area contributed by atoms with E-state index >= 15 is 0 Å². The Morgan fingerprint density at radius 2 is 1.94 bits per heavy atom. The third-order valence-electron chi connectivity index (χ3n) is 5.65. The maximum Gasteiger partial charge on any atom is 0.278 e. The highest BCUT2D eigenvalue weighted by molar-refractivity contribution is 5.77. The van der Waals surface area contributed by atoms with Gasteiger partial charge in [-0.05, 0) is 49.2 Å². The molecule has 9 heteroatoms. The smallest absolute Gasteiger partial charge is 0.278 e. The predicted molar refractivity (Wildman–Crippen MR) is 138 cm³/mol. The Kier molecular flexibility index (Phi) is 6.81. The highest BCUT2D eigenvalue weighted by atomic mass is 16.3. The quantitative estimate of drug-likeness (QED) is 0.366. The number of allylic oxidation sites excluding steroid dienone is 1. The fourth-order valence-corrected chi connectivity index (χ4v) is 3.99. The van der Waals surface area contributed by atoms with Gasteiger partial charge in [0.1, 0.15) is 11.0 Å². The van der Waals surface area contributed by atoms with Gasteiger partial charge in [-0.3, -0.25) is 4.79 Å². The Morgan fingerprint density at radius 3 is 2.69 bits per heavy atom. The second kappa shape index (κ2) is 9.81. The third-order valence-corrected chi connectivity index (χ3v) is 5.65. The number of hydrogen-bond acceptors (Lipinski definition) is 7. The van der Waals surface area contributed by atoms with Gasteiger partial charge in [-0.1, -0.05) is 32.1 Å². The van der Waals surface area contributed by atoms with E-state index in [4.69, 9.17) is 0 Å².